The van der Waals surface area contributed by atoms with Gasteiger partial charge in [-0.2, -0.15) is 0 Å². The third-order valence-electron chi connectivity index (χ3n) is 2.68. The van der Waals surface area contributed by atoms with Crippen LogP contribution in [-0.2, 0) is 14.2 Å². The highest BCUT2D eigenvalue weighted by molar-refractivity contribution is 6.18. The molecule has 88 valence electrons. The third kappa shape index (κ3) is 3.75. The Kier molecular flexibility index (Phi) is 4.52. The molecule has 15 heavy (non-hydrogen) atoms. The van der Waals surface area contributed by atoms with E-state index in [-0.39, 0.29) is 24.4 Å². The Balaban J connectivity index is 1.78. The Bertz CT molecular complexity index is 175. The fraction of sp³-hybridized carbons (Fsp3) is 1.00. The van der Waals surface area contributed by atoms with E-state index in [1.807, 2.05) is 0 Å². The van der Waals surface area contributed by atoms with E-state index in [2.05, 4.69) is 0 Å². The average molecular weight is 255 g/mol. The van der Waals surface area contributed by atoms with Gasteiger partial charge in [-0.25, -0.2) is 0 Å². The van der Waals surface area contributed by atoms with Crippen LogP contribution >= 0.6 is 23.2 Å². The lowest BCUT2D eigenvalue weighted by Crippen LogP contribution is -2.31. The summed E-state index contributed by atoms with van der Waals surface area (Å²) < 4.78 is 16.5. The summed E-state index contributed by atoms with van der Waals surface area (Å²) in [5, 5.41) is 0. The quantitative estimate of drug-likeness (QED) is 0.490. The summed E-state index contributed by atoms with van der Waals surface area (Å²) in [5.74, 6) is 1.20. The minimum absolute atomic E-state index is 0.111. The lowest BCUT2D eigenvalue weighted by atomic mass is 10.1. The maximum Gasteiger partial charge on any atom is 0.107 e. The van der Waals surface area contributed by atoms with Crippen molar-refractivity contribution >= 4 is 23.2 Å². The van der Waals surface area contributed by atoms with Crippen molar-refractivity contribution in [3.63, 3.8) is 0 Å². The number of epoxide rings is 2. The first-order valence-corrected chi connectivity index (χ1v) is 6.42. The molecule has 0 aromatic heterocycles. The highest BCUT2D eigenvalue weighted by Crippen LogP contribution is 2.27. The molecule has 0 radical (unpaired) electrons. The van der Waals surface area contributed by atoms with Crippen LogP contribution in [0.2, 0.25) is 0 Å². The minimum Gasteiger partial charge on any atom is -0.370 e. The van der Waals surface area contributed by atoms with Crippen molar-refractivity contribution in [2.45, 2.75) is 37.3 Å². The predicted molar refractivity (Wildman–Crippen MR) is 58.8 cm³/mol. The molecular formula is C10H16Cl2O3. The van der Waals surface area contributed by atoms with E-state index in [0.29, 0.717) is 11.8 Å². The maximum atomic E-state index is 5.96. The van der Waals surface area contributed by atoms with Gasteiger partial charge in [0.2, 0.25) is 0 Å². The zero-order valence-corrected chi connectivity index (χ0v) is 10.0. The van der Waals surface area contributed by atoms with Gasteiger partial charge in [-0.05, 0) is 12.8 Å². The normalized spacial score (nSPS) is 32.4. The summed E-state index contributed by atoms with van der Waals surface area (Å²) in [5.41, 5.74) is 0. The van der Waals surface area contributed by atoms with Gasteiger partial charge >= 0.3 is 0 Å². The number of ether oxygens (including phenoxy) is 3. The molecule has 0 spiro atoms. The predicted octanol–water partition coefficient (Wildman–Crippen LogP) is 1.80. The number of hydrogen-bond acceptors (Lipinski definition) is 3. The van der Waals surface area contributed by atoms with Crippen LogP contribution in [0.25, 0.3) is 0 Å². The molecular weight excluding hydrogens is 239 g/mol. The molecule has 2 saturated heterocycles. The summed E-state index contributed by atoms with van der Waals surface area (Å²) in [7, 11) is 0. The molecule has 0 aliphatic carbocycles. The van der Waals surface area contributed by atoms with Crippen molar-refractivity contribution in [1.29, 1.82) is 0 Å². The molecule has 5 heteroatoms. The average Bonchev–Trinajstić information content (AvgIpc) is 3.05. The van der Waals surface area contributed by atoms with E-state index >= 15 is 0 Å². The van der Waals surface area contributed by atoms with Gasteiger partial charge in [0.25, 0.3) is 0 Å². The van der Waals surface area contributed by atoms with Crippen molar-refractivity contribution < 1.29 is 14.2 Å². The summed E-state index contributed by atoms with van der Waals surface area (Å²) in [6.45, 7) is 1.58. The third-order valence-corrected chi connectivity index (χ3v) is 3.12. The van der Waals surface area contributed by atoms with Crippen LogP contribution in [0.15, 0.2) is 0 Å². The molecule has 3 nitrogen and oxygen atoms in total. The highest BCUT2D eigenvalue weighted by atomic mass is 35.5. The first-order valence-electron chi connectivity index (χ1n) is 5.35. The molecule has 0 aromatic rings. The molecule has 2 fully saturated rings. The lowest BCUT2D eigenvalue weighted by molar-refractivity contribution is -0.0398. The SMILES string of the molecule is ClCCC(OC(CCCl)C1CO1)C1CO1. The van der Waals surface area contributed by atoms with Crippen LogP contribution in [0.1, 0.15) is 12.8 Å². The van der Waals surface area contributed by atoms with E-state index in [1.54, 1.807) is 0 Å². The zero-order chi connectivity index (χ0) is 10.7. The standard InChI is InChI=1S/C10H16Cl2O3/c11-3-1-7(9-5-13-9)15-8(2-4-12)10-6-14-10/h7-10H,1-6H2. The molecule has 0 amide bonds. The number of rotatable bonds is 8. The van der Waals surface area contributed by atoms with Crippen LogP contribution in [-0.4, -0.2) is 49.4 Å². The smallest absolute Gasteiger partial charge is 0.107 e. The van der Waals surface area contributed by atoms with Gasteiger partial charge in [-0.15, -0.1) is 23.2 Å². The lowest BCUT2D eigenvalue weighted by Gasteiger charge is -2.21. The van der Waals surface area contributed by atoms with E-state index in [1.165, 1.54) is 0 Å². The van der Waals surface area contributed by atoms with Crippen molar-refractivity contribution in [2.75, 3.05) is 25.0 Å². The zero-order valence-electron chi connectivity index (χ0n) is 8.53. The molecule has 0 bridgehead atoms. The summed E-state index contributed by atoms with van der Waals surface area (Å²) >= 11 is 11.5. The molecule has 4 unspecified atom stereocenters. The first kappa shape index (κ1) is 11.9. The van der Waals surface area contributed by atoms with Crippen molar-refractivity contribution in [3.05, 3.63) is 0 Å². The Morgan fingerprint density at radius 1 is 1.00 bits per heavy atom. The monoisotopic (exact) mass is 254 g/mol. The van der Waals surface area contributed by atoms with Crippen LogP contribution in [0.4, 0.5) is 0 Å². The first-order chi connectivity index (χ1) is 7.35. The van der Waals surface area contributed by atoms with Gasteiger partial charge in [0, 0.05) is 11.8 Å². The van der Waals surface area contributed by atoms with Crippen molar-refractivity contribution in [1.82, 2.24) is 0 Å². The summed E-state index contributed by atoms with van der Waals surface area (Å²) in [4.78, 5) is 0. The summed E-state index contributed by atoms with van der Waals surface area (Å²) in [6.07, 6.45) is 2.36. The Labute approximate surface area is 100.0 Å². The molecule has 2 aliphatic heterocycles. The second-order valence-corrected chi connectivity index (χ2v) is 4.67. The van der Waals surface area contributed by atoms with Gasteiger partial charge < -0.3 is 14.2 Å². The molecule has 0 N–H and O–H groups in total. The van der Waals surface area contributed by atoms with Crippen LogP contribution in [0.5, 0.6) is 0 Å². The number of hydrogen-bond donors (Lipinski definition) is 0. The number of alkyl halides is 2. The van der Waals surface area contributed by atoms with Crippen LogP contribution in [0.3, 0.4) is 0 Å². The van der Waals surface area contributed by atoms with Gasteiger partial charge in [0.15, 0.2) is 0 Å². The second-order valence-electron chi connectivity index (χ2n) is 3.91. The Hall–Kier alpha value is 0.460. The highest BCUT2D eigenvalue weighted by Gasteiger charge is 2.39. The Morgan fingerprint density at radius 3 is 1.67 bits per heavy atom. The van der Waals surface area contributed by atoms with E-state index in [0.717, 1.165) is 26.1 Å². The molecule has 4 atom stereocenters. The fourth-order valence-electron chi connectivity index (χ4n) is 1.66. The van der Waals surface area contributed by atoms with Gasteiger partial charge in [0.05, 0.1) is 25.4 Å². The van der Waals surface area contributed by atoms with E-state index < -0.39 is 0 Å². The second kappa shape index (κ2) is 5.69. The van der Waals surface area contributed by atoms with Crippen molar-refractivity contribution in [2.24, 2.45) is 0 Å². The van der Waals surface area contributed by atoms with Gasteiger partial charge in [-0.3, -0.25) is 0 Å². The van der Waals surface area contributed by atoms with E-state index in [4.69, 9.17) is 37.4 Å². The Morgan fingerprint density at radius 2 is 1.40 bits per heavy atom. The topological polar surface area (TPSA) is 34.3 Å². The molecule has 0 aromatic carbocycles. The number of halogens is 2. The maximum absolute atomic E-state index is 5.96. The largest absolute Gasteiger partial charge is 0.370 e. The van der Waals surface area contributed by atoms with Crippen LogP contribution in [0, 0.1) is 0 Å². The minimum atomic E-state index is 0.111. The fourth-order valence-corrected chi connectivity index (χ4v) is 2.09. The van der Waals surface area contributed by atoms with Gasteiger partial charge in [0.1, 0.15) is 12.2 Å². The van der Waals surface area contributed by atoms with E-state index in [9.17, 15) is 0 Å². The molecule has 0 saturated carbocycles. The molecule has 2 rings (SSSR count). The van der Waals surface area contributed by atoms with Crippen molar-refractivity contribution in [3.8, 4) is 0 Å². The van der Waals surface area contributed by atoms with Gasteiger partial charge in [-0.1, -0.05) is 0 Å². The molecule has 2 aliphatic rings. The summed E-state index contributed by atoms with van der Waals surface area (Å²) in [6, 6.07) is 0. The van der Waals surface area contributed by atoms with Crippen LogP contribution < -0.4 is 0 Å². The molecule has 2 heterocycles.